The standard InChI is InChI=1S/C18H14FN3O4/c1-11-15(21-18(26-11)12-5-3-2-4-6-12)10-17(23)20-13-7-8-14(19)16(9-13)22(24)25/h2-9H,10H2,1H3,(H,20,23). The van der Waals surface area contributed by atoms with E-state index in [-0.39, 0.29) is 12.1 Å². The van der Waals surface area contributed by atoms with Crippen molar-refractivity contribution in [2.24, 2.45) is 0 Å². The predicted octanol–water partition coefficient (Wildman–Crippen LogP) is 3.88. The van der Waals surface area contributed by atoms with Gasteiger partial charge in [0.15, 0.2) is 0 Å². The number of benzene rings is 2. The fourth-order valence-corrected chi connectivity index (χ4v) is 2.38. The fourth-order valence-electron chi connectivity index (χ4n) is 2.38. The maximum atomic E-state index is 13.3. The summed E-state index contributed by atoms with van der Waals surface area (Å²) in [5.41, 5.74) is 0.675. The highest BCUT2D eigenvalue weighted by Crippen LogP contribution is 2.23. The molecule has 0 unspecified atom stereocenters. The number of nitro groups is 1. The number of rotatable bonds is 5. The van der Waals surface area contributed by atoms with Crippen molar-refractivity contribution < 1.29 is 18.5 Å². The Bertz CT molecular complexity index is 970. The van der Waals surface area contributed by atoms with Gasteiger partial charge in [0.05, 0.1) is 17.0 Å². The molecule has 3 rings (SSSR count). The van der Waals surface area contributed by atoms with E-state index in [0.717, 1.165) is 17.7 Å². The maximum Gasteiger partial charge on any atom is 0.306 e. The number of aryl methyl sites for hydroxylation is 1. The van der Waals surface area contributed by atoms with Gasteiger partial charge in [0, 0.05) is 17.3 Å². The summed E-state index contributed by atoms with van der Waals surface area (Å²) >= 11 is 0. The molecule has 0 spiro atoms. The van der Waals surface area contributed by atoms with Crippen LogP contribution in [-0.4, -0.2) is 15.8 Å². The Morgan fingerprint density at radius 3 is 2.69 bits per heavy atom. The lowest BCUT2D eigenvalue weighted by atomic mass is 10.2. The summed E-state index contributed by atoms with van der Waals surface area (Å²) in [6.07, 6.45) is -0.0761. The third-order valence-corrected chi connectivity index (χ3v) is 3.67. The van der Waals surface area contributed by atoms with Crippen LogP contribution in [0.1, 0.15) is 11.5 Å². The van der Waals surface area contributed by atoms with Gasteiger partial charge in [-0.25, -0.2) is 4.98 Å². The number of carbonyl (C=O) groups excluding carboxylic acids is 1. The van der Waals surface area contributed by atoms with Crippen molar-refractivity contribution in [1.82, 2.24) is 4.98 Å². The van der Waals surface area contributed by atoms with Gasteiger partial charge in [-0.1, -0.05) is 18.2 Å². The average Bonchev–Trinajstić information content (AvgIpc) is 2.98. The minimum Gasteiger partial charge on any atom is -0.441 e. The highest BCUT2D eigenvalue weighted by Gasteiger charge is 2.17. The third kappa shape index (κ3) is 3.75. The molecular weight excluding hydrogens is 341 g/mol. The Kier molecular flexibility index (Phi) is 4.74. The van der Waals surface area contributed by atoms with E-state index in [4.69, 9.17) is 4.42 Å². The summed E-state index contributed by atoms with van der Waals surface area (Å²) in [4.78, 5) is 26.4. The van der Waals surface area contributed by atoms with Crippen molar-refractivity contribution in [3.05, 3.63) is 75.9 Å². The van der Waals surface area contributed by atoms with Gasteiger partial charge in [0.2, 0.25) is 17.6 Å². The molecular formula is C18H14FN3O4. The van der Waals surface area contributed by atoms with E-state index >= 15 is 0 Å². The molecule has 1 amide bonds. The molecule has 7 nitrogen and oxygen atoms in total. The molecule has 0 saturated heterocycles. The van der Waals surface area contributed by atoms with Crippen molar-refractivity contribution >= 4 is 17.3 Å². The molecule has 3 aromatic rings. The largest absolute Gasteiger partial charge is 0.441 e. The number of anilines is 1. The zero-order chi connectivity index (χ0) is 18.7. The highest BCUT2D eigenvalue weighted by atomic mass is 19.1. The number of aromatic nitrogens is 1. The summed E-state index contributed by atoms with van der Waals surface area (Å²) in [5.74, 6) is -0.498. The lowest BCUT2D eigenvalue weighted by Crippen LogP contribution is -2.15. The zero-order valence-electron chi connectivity index (χ0n) is 13.7. The second-order valence-electron chi connectivity index (χ2n) is 5.54. The molecule has 0 fully saturated rings. The van der Waals surface area contributed by atoms with Gasteiger partial charge >= 0.3 is 5.69 Å². The van der Waals surface area contributed by atoms with Crippen LogP contribution in [0.4, 0.5) is 15.8 Å². The summed E-state index contributed by atoms with van der Waals surface area (Å²) in [7, 11) is 0. The molecule has 2 aromatic carbocycles. The monoisotopic (exact) mass is 355 g/mol. The fraction of sp³-hybridized carbons (Fsp3) is 0.111. The molecule has 0 bridgehead atoms. The second-order valence-corrected chi connectivity index (χ2v) is 5.54. The smallest absolute Gasteiger partial charge is 0.306 e. The van der Waals surface area contributed by atoms with Crippen LogP contribution in [0.2, 0.25) is 0 Å². The number of halogens is 1. The average molecular weight is 355 g/mol. The minimum absolute atomic E-state index is 0.0761. The van der Waals surface area contributed by atoms with Crippen molar-refractivity contribution in [3.8, 4) is 11.5 Å². The Morgan fingerprint density at radius 2 is 2.00 bits per heavy atom. The Labute approximate surface area is 147 Å². The molecule has 26 heavy (non-hydrogen) atoms. The van der Waals surface area contributed by atoms with E-state index in [9.17, 15) is 19.3 Å². The molecule has 1 N–H and O–H groups in total. The van der Waals surface area contributed by atoms with E-state index < -0.39 is 22.3 Å². The SMILES string of the molecule is Cc1oc(-c2ccccc2)nc1CC(=O)Nc1ccc(F)c([N+](=O)[O-])c1. The van der Waals surface area contributed by atoms with E-state index in [1.807, 2.05) is 30.3 Å². The van der Waals surface area contributed by atoms with Gasteiger partial charge in [0.25, 0.3) is 0 Å². The van der Waals surface area contributed by atoms with Crippen LogP contribution in [-0.2, 0) is 11.2 Å². The summed E-state index contributed by atoms with van der Waals surface area (Å²) in [5, 5.41) is 13.3. The molecule has 8 heteroatoms. The molecule has 1 heterocycles. The lowest BCUT2D eigenvalue weighted by molar-refractivity contribution is -0.387. The van der Waals surface area contributed by atoms with Crippen molar-refractivity contribution in [1.29, 1.82) is 0 Å². The number of nitrogens with one attached hydrogen (secondary N) is 1. The van der Waals surface area contributed by atoms with Gasteiger partial charge in [-0.3, -0.25) is 14.9 Å². The van der Waals surface area contributed by atoms with Gasteiger partial charge < -0.3 is 9.73 Å². The molecule has 0 radical (unpaired) electrons. The number of amides is 1. The number of hydrogen-bond donors (Lipinski definition) is 1. The molecule has 0 aliphatic rings. The van der Waals surface area contributed by atoms with E-state index in [0.29, 0.717) is 17.3 Å². The van der Waals surface area contributed by atoms with Crippen LogP contribution in [0.3, 0.4) is 0 Å². The van der Waals surface area contributed by atoms with Crippen molar-refractivity contribution in [2.75, 3.05) is 5.32 Å². The third-order valence-electron chi connectivity index (χ3n) is 3.67. The van der Waals surface area contributed by atoms with Gasteiger partial charge in [-0.15, -0.1) is 0 Å². The molecule has 1 aromatic heterocycles. The van der Waals surface area contributed by atoms with Gasteiger partial charge in [0.1, 0.15) is 5.76 Å². The number of hydrogen-bond acceptors (Lipinski definition) is 5. The number of oxazole rings is 1. The Morgan fingerprint density at radius 1 is 1.27 bits per heavy atom. The summed E-state index contributed by atoms with van der Waals surface area (Å²) in [6.45, 7) is 1.70. The van der Waals surface area contributed by atoms with Crippen LogP contribution in [0, 0.1) is 22.9 Å². The normalized spacial score (nSPS) is 10.5. The second kappa shape index (κ2) is 7.14. The van der Waals surface area contributed by atoms with Gasteiger partial charge in [-0.05, 0) is 31.2 Å². The predicted molar refractivity (Wildman–Crippen MR) is 92.1 cm³/mol. The van der Waals surface area contributed by atoms with Crippen molar-refractivity contribution in [3.63, 3.8) is 0 Å². The van der Waals surface area contributed by atoms with Crippen molar-refractivity contribution in [2.45, 2.75) is 13.3 Å². The Hall–Kier alpha value is -3.55. The first-order valence-corrected chi connectivity index (χ1v) is 7.69. The summed E-state index contributed by atoms with van der Waals surface area (Å²) < 4.78 is 18.9. The highest BCUT2D eigenvalue weighted by molar-refractivity contribution is 5.92. The van der Waals surface area contributed by atoms with E-state index in [1.54, 1.807) is 6.92 Å². The van der Waals surface area contributed by atoms with Crippen LogP contribution >= 0.6 is 0 Å². The molecule has 0 aliphatic heterocycles. The van der Waals surface area contributed by atoms with Gasteiger partial charge in [-0.2, -0.15) is 4.39 Å². The van der Waals surface area contributed by atoms with E-state index in [1.165, 1.54) is 6.07 Å². The lowest BCUT2D eigenvalue weighted by Gasteiger charge is -2.04. The first kappa shape index (κ1) is 17.3. The van der Waals surface area contributed by atoms with Crippen LogP contribution in [0.5, 0.6) is 0 Å². The minimum atomic E-state index is -0.965. The number of carbonyl (C=O) groups is 1. The van der Waals surface area contributed by atoms with Crippen LogP contribution in [0.25, 0.3) is 11.5 Å². The number of nitro benzene ring substituents is 1. The number of nitrogens with zero attached hydrogens (tertiary/aromatic N) is 2. The quantitative estimate of drug-likeness (QED) is 0.553. The molecule has 0 aliphatic carbocycles. The van der Waals surface area contributed by atoms with Crippen LogP contribution in [0.15, 0.2) is 52.9 Å². The first-order chi connectivity index (χ1) is 12.4. The molecule has 132 valence electrons. The maximum absolute atomic E-state index is 13.3. The summed E-state index contributed by atoms with van der Waals surface area (Å²) in [6, 6.07) is 12.4. The molecule has 0 saturated carbocycles. The van der Waals surface area contributed by atoms with E-state index in [2.05, 4.69) is 10.3 Å². The molecule has 0 atom stereocenters. The zero-order valence-corrected chi connectivity index (χ0v) is 13.7. The Balaban J connectivity index is 1.74. The van der Waals surface area contributed by atoms with Crippen LogP contribution < -0.4 is 5.32 Å². The first-order valence-electron chi connectivity index (χ1n) is 7.69. The topological polar surface area (TPSA) is 98.3 Å².